The molecule has 0 unspecified atom stereocenters. The molecule has 2 aliphatic rings. The topological polar surface area (TPSA) is 59.5 Å². The summed E-state index contributed by atoms with van der Waals surface area (Å²) in [6.45, 7) is 3.14. The maximum Gasteiger partial charge on any atom is 0.231 e. The molecule has 6 heteroatoms. The summed E-state index contributed by atoms with van der Waals surface area (Å²) in [4.78, 5) is 11.1. The van der Waals surface area contributed by atoms with Crippen LogP contribution in [0.1, 0.15) is 25.7 Å². The Bertz CT molecular complexity index is 448. The zero-order chi connectivity index (χ0) is 14.7. The van der Waals surface area contributed by atoms with E-state index in [9.17, 15) is 0 Å². The second kappa shape index (κ2) is 6.47. The van der Waals surface area contributed by atoms with Gasteiger partial charge in [0, 0.05) is 19.1 Å². The summed E-state index contributed by atoms with van der Waals surface area (Å²) in [6.07, 6.45) is 5.08. The Morgan fingerprint density at radius 3 is 2.24 bits per heavy atom. The van der Waals surface area contributed by atoms with Gasteiger partial charge in [-0.05, 0) is 38.1 Å². The number of nitrogens with zero attached hydrogens (tertiary/aromatic N) is 3. The van der Waals surface area contributed by atoms with Crippen LogP contribution in [0.2, 0.25) is 0 Å². The highest BCUT2D eigenvalue weighted by Crippen LogP contribution is 2.25. The van der Waals surface area contributed by atoms with Crippen molar-refractivity contribution in [3.8, 4) is 11.8 Å². The highest BCUT2D eigenvalue weighted by molar-refractivity contribution is 5.37. The van der Waals surface area contributed by atoms with Crippen molar-refractivity contribution in [1.29, 1.82) is 0 Å². The Morgan fingerprint density at radius 2 is 1.71 bits per heavy atom. The fourth-order valence-corrected chi connectivity index (χ4v) is 2.70. The molecule has 1 aliphatic carbocycles. The van der Waals surface area contributed by atoms with E-state index in [4.69, 9.17) is 9.47 Å². The number of aromatic nitrogens is 2. The highest BCUT2D eigenvalue weighted by atomic mass is 16.5. The van der Waals surface area contributed by atoms with Crippen molar-refractivity contribution < 1.29 is 9.47 Å². The van der Waals surface area contributed by atoms with Gasteiger partial charge in [0.25, 0.3) is 0 Å². The van der Waals surface area contributed by atoms with Crippen LogP contribution < -0.4 is 19.7 Å². The Kier molecular flexibility index (Phi) is 4.43. The summed E-state index contributed by atoms with van der Waals surface area (Å²) in [5, 5.41) is 3.63. The van der Waals surface area contributed by atoms with Crippen molar-refractivity contribution in [1.82, 2.24) is 15.3 Å². The normalized spacial score (nSPS) is 19.6. The molecule has 2 fully saturated rings. The van der Waals surface area contributed by atoms with E-state index in [0.29, 0.717) is 17.7 Å². The molecule has 1 aromatic rings. The quantitative estimate of drug-likeness (QED) is 0.856. The number of rotatable bonds is 6. The van der Waals surface area contributed by atoms with Gasteiger partial charge in [-0.1, -0.05) is 0 Å². The Labute approximate surface area is 125 Å². The Morgan fingerprint density at radius 1 is 1.10 bits per heavy atom. The van der Waals surface area contributed by atoms with E-state index in [0.717, 1.165) is 31.6 Å². The van der Waals surface area contributed by atoms with Crippen LogP contribution in [0.15, 0.2) is 6.07 Å². The van der Waals surface area contributed by atoms with Crippen molar-refractivity contribution in [2.45, 2.75) is 31.7 Å². The number of hydrogen-bond donors (Lipinski definition) is 1. The predicted octanol–water partition coefficient (Wildman–Crippen LogP) is 1.46. The van der Waals surface area contributed by atoms with Crippen molar-refractivity contribution in [2.75, 3.05) is 38.8 Å². The number of piperidine rings is 1. The molecule has 6 nitrogen and oxygen atoms in total. The molecule has 2 heterocycles. The second-order valence-corrected chi connectivity index (χ2v) is 5.87. The fourth-order valence-electron chi connectivity index (χ4n) is 2.70. The lowest BCUT2D eigenvalue weighted by molar-refractivity contribution is 0.361. The maximum absolute atomic E-state index is 5.21. The molecule has 1 aliphatic heterocycles. The van der Waals surface area contributed by atoms with E-state index < -0.39 is 0 Å². The van der Waals surface area contributed by atoms with Crippen LogP contribution in [0.25, 0.3) is 0 Å². The SMILES string of the molecule is COc1cc(OC)nc(N2CCC(CNC3CC3)CC2)n1. The minimum absolute atomic E-state index is 0.550. The third-order valence-electron chi connectivity index (χ3n) is 4.26. The van der Waals surface area contributed by atoms with Crippen molar-refractivity contribution in [2.24, 2.45) is 5.92 Å². The van der Waals surface area contributed by atoms with E-state index in [-0.39, 0.29) is 0 Å². The van der Waals surface area contributed by atoms with Gasteiger partial charge in [-0.3, -0.25) is 0 Å². The first-order valence-corrected chi connectivity index (χ1v) is 7.74. The Hall–Kier alpha value is -1.56. The summed E-state index contributed by atoms with van der Waals surface area (Å²) in [7, 11) is 3.22. The molecule has 1 saturated carbocycles. The van der Waals surface area contributed by atoms with Gasteiger partial charge < -0.3 is 19.7 Å². The molecule has 1 aromatic heterocycles. The minimum atomic E-state index is 0.550. The molecule has 0 radical (unpaired) electrons. The van der Waals surface area contributed by atoms with Gasteiger partial charge in [0.1, 0.15) is 0 Å². The van der Waals surface area contributed by atoms with Gasteiger partial charge in [0.15, 0.2) is 0 Å². The van der Waals surface area contributed by atoms with Gasteiger partial charge in [-0.25, -0.2) is 0 Å². The summed E-state index contributed by atoms with van der Waals surface area (Å²) in [5.41, 5.74) is 0. The number of anilines is 1. The van der Waals surface area contributed by atoms with Gasteiger partial charge in [0.05, 0.1) is 20.3 Å². The Balaban J connectivity index is 1.57. The van der Waals surface area contributed by atoms with E-state index in [2.05, 4.69) is 20.2 Å². The molecule has 0 amide bonds. The maximum atomic E-state index is 5.21. The smallest absolute Gasteiger partial charge is 0.231 e. The van der Waals surface area contributed by atoms with Crippen LogP contribution in [0.4, 0.5) is 5.95 Å². The van der Waals surface area contributed by atoms with Gasteiger partial charge in [0.2, 0.25) is 17.7 Å². The van der Waals surface area contributed by atoms with Crippen LogP contribution in [0, 0.1) is 5.92 Å². The van der Waals surface area contributed by atoms with E-state index in [1.165, 1.54) is 25.7 Å². The summed E-state index contributed by atoms with van der Waals surface area (Å²) >= 11 is 0. The first-order chi connectivity index (χ1) is 10.3. The molecule has 0 atom stereocenters. The lowest BCUT2D eigenvalue weighted by Crippen LogP contribution is -2.38. The predicted molar refractivity (Wildman–Crippen MR) is 81.1 cm³/mol. The van der Waals surface area contributed by atoms with Crippen LogP contribution >= 0.6 is 0 Å². The van der Waals surface area contributed by atoms with Crippen molar-refractivity contribution >= 4 is 5.95 Å². The largest absolute Gasteiger partial charge is 0.481 e. The monoisotopic (exact) mass is 292 g/mol. The number of hydrogen-bond acceptors (Lipinski definition) is 6. The van der Waals surface area contributed by atoms with Crippen LogP contribution in [0.5, 0.6) is 11.8 Å². The molecule has 1 N–H and O–H groups in total. The molecular formula is C15H24N4O2. The zero-order valence-electron chi connectivity index (χ0n) is 12.8. The first kappa shape index (κ1) is 14.4. The molecule has 116 valence electrons. The molecule has 21 heavy (non-hydrogen) atoms. The standard InChI is InChI=1S/C15H24N4O2/c1-20-13-9-14(21-2)18-15(17-13)19-7-5-11(6-8-19)10-16-12-3-4-12/h9,11-12,16H,3-8,10H2,1-2H3. The average molecular weight is 292 g/mol. The fraction of sp³-hybridized carbons (Fsp3) is 0.733. The van der Waals surface area contributed by atoms with Crippen molar-refractivity contribution in [3.05, 3.63) is 6.07 Å². The third kappa shape index (κ3) is 3.75. The van der Waals surface area contributed by atoms with Crippen LogP contribution in [-0.2, 0) is 0 Å². The van der Waals surface area contributed by atoms with E-state index >= 15 is 0 Å². The number of ether oxygens (including phenoxy) is 2. The molecule has 0 spiro atoms. The van der Waals surface area contributed by atoms with E-state index in [1.54, 1.807) is 20.3 Å². The highest BCUT2D eigenvalue weighted by Gasteiger charge is 2.25. The van der Waals surface area contributed by atoms with Gasteiger partial charge >= 0.3 is 0 Å². The average Bonchev–Trinajstić information content (AvgIpc) is 3.37. The van der Waals surface area contributed by atoms with Crippen molar-refractivity contribution in [3.63, 3.8) is 0 Å². The molecular weight excluding hydrogens is 268 g/mol. The summed E-state index contributed by atoms with van der Waals surface area (Å²) in [6, 6.07) is 2.50. The van der Waals surface area contributed by atoms with Gasteiger partial charge in [-0.15, -0.1) is 0 Å². The minimum Gasteiger partial charge on any atom is -0.481 e. The van der Waals surface area contributed by atoms with E-state index in [1.807, 2.05) is 0 Å². The zero-order valence-corrected chi connectivity index (χ0v) is 12.8. The summed E-state index contributed by atoms with van der Waals surface area (Å²) in [5.74, 6) is 2.58. The molecule has 0 aromatic carbocycles. The molecule has 1 saturated heterocycles. The lowest BCUT2D eigenvalue weighted by Gasteiger charge is -2.32. The summed E-state index contributed by atoms with van der Waals surface area (Å²) < 4.78 is 10.4. The van der Waals surface area contributed by atoms with Crippen LogP contribution in [0.3, 0.4) is 0 Å². The number of methoxy groups -OCH3 is 2. The second-order valence-electron chi connectivity index (χ2n) is 5.87. The van der Waals surface area contributed by atoms with Crippen LogP contribution in [-0.4, -0.2) is 49.9 Å². The van der Waals surface area contributed by atoms with Gasteiger partial charge in [-0.2, -0.15) is 9.97 Å². The molecule has 0 bridgehead atoms. The first-order valence-electron chi connectivity index (χ1n) is 7.74. The third-order valence-corrected chi connectivity index (χ3v) is 4.26. The molecule has 3 rings (SSSR count). The lowest BCUT2D eigenvalue weighted by atomic mass is 9.97. The number of nitrogens with one attached hydrogen (secondary N) is 1.